The molecule has 0 radical (unpaired) electrons. The molecule has 1 aliphatic rings. The lowest BCUT2D eigenvalue weighted by Gasteiger charge is -2.26. The van der Waals surface area contributed by atoms with Crippen molar-refractivity contribution in [1.29, 1.82) is 5.26 Å². The molecule has 0 atom stereocenters. The summed E-state index contributed by atoms with van der Waals surface area (Å²) in [4.78, 5) is -0.288. The molecule has 1 fully saturated rings. The highest BCUT2D eigenvalue weighted by atomic mass is 32.2. The number of allylic oxidation sites excluding steroid dienone is 1. The van der Waals surface area contributed by atoms with Gasteiger partial charge in [-0.05, 0) is 62.2 Å². The van der Waals surface area contributed by atoms with Gasteiger partial charge in [-0.1, -0.05) is 54.4 Å². The van der Waals surface area contributed by atoms with Crippen LogP contribution in [-0.2, 0) is 19.9 Å². The maximum atomic E-state index is 13.4. The van der Waals surface area contributed by atoms with E-state index in [-0.39, 0.29) is 9.79 Å². The van der Waals surface area contributed by atoms with E-state index in [1.54, 1.807) is 47.3 Å². The SMILES string of the molecule is Cc1ccc(S(=O)(=O)C(C#N)=Cc2cn(-c3ccccc3)nc2-c2cccc(S(=O)(=O)N3CCCCC3)c2)cc1. The Balaban J connectivity index is 1.64. The average Bonchev–Trinajstić information content (AvgIpc) is 3.41. The van der Waals surface area contributed by atoms with E-state index in [2.05, 4.69) is 0 Å². The van der Waals surface area contributed by atoms with E-state index >= 15 is 0 Å². The zero-order chi connectivity index (χ0) is 28.3. The molecule has 0 amide bonds. The van der Waals surface area contributed by atoms with Crippen molar-refractivity contribution in [2.75, 3.05) is 13.1 Å². The van der Waals surface area contributed by atoms with E-state index in [0.717, 1.165) is 30.5 Å². The number of sulfone groups is 1. The van der Waals surface area contributed by atoms with Gasteiger partial charge in [0.1, 0.15) is 16.7 Å². The normalized spacial score (nSPS) is 15.1. The predicted molar refractivity (Wildman–Crippen MR) is 154 cm³/mol. The first-order valence-electron chi connectivity index (χ1n) is 12.9. The first-order chi connectivity index (χ1) is 19.2. The number of para-hydroxylation sites is 1. The summed E-state index contributed by atoms with van der Waals surface area (Å²) in [6.45, 7) is 2.80. The van der Waals surface area contributed by atoms with Crippen molar-refractivity contribution in [3.63, 3.8) is 0 Å². The molecular weight excluding hydrogens is 544 g/mol. The topological polar surface area (TPSA) is 113 Å². The van der Waals surface area contributed by atoms with Gasteiger partial charge < -0.3 is 0 Å². The van der Waals surface area contributed by atoms with Crippen molar-refractivity contribution in [2.45, 2.75) is 36.0 Å². The molecule has 5 rings (SSSR count). The van der Waals surface area contributed by atoms with E-state index in [1.165, 1.54) is 22.5 Å². The molecule has 0 aliphatic carbocycles. The van der Waals surface area contributed by atoms with Gasteiger partial charge in [-0.3, -0.25) is 0 Å². The van der Waals surface area contributed by atoms with Gasteiger partial charge in [0.2, 0.25) is 19.9 Å². The highest BCUT2D eigenvalue weighted by Gasteiger charge is 2.27. The number of piperidine rings is 1. The Morgan fingerprint density at radius 1 is 0.875 bits per heavy atom. The van der Waals surface area contributed by atoms with Gasteiger partial charge in [0.25, 0.3) is 0 Å². The Kier molecular flexibility index (Phi) is 7.72. The fraction of sp³-hybridized carbons (Fsp3) is 0.200. The summed E-state index contributed by atoms with van der Waals surface area (Å²) in [7, 11) is -7.81. The zero-order valence-corrected chi connectivity index (χ0v) is 23.6. The minimum atomic E-state index is -4.11. The molecule has 0 unspecified atom stereocenters. The van der Waals surface area contributed by atoms with Crippen LogP contribution in [0.3, 0.4) is 0 Å². The fourth-order valence-electron chi connectivity index (χ4n) is 4.64. The quantitative estimate of drug-likeness (QED) is 0.276. The third-order valence-electron chi connectivity index (χ3n) is 6.84. The molecule has 4 aromatic rings. The number of hydrogen-bond donors (Lipinski definition) is 0. The van der Waals surface area contributed by atoms with E-state index in [0.29, 0.717) is 29.9 Å². The minimum Gasteiger partial charge on any atom is -0.240 e. The third kappa shape index (κ3) is 5.49. The summed E-state index contributed by atoms with van der Waals surface area (Å²) in [5.41, 5.74) is 2.83. The monoisotopic (exact) mass is 572 g/mol. The van der Waals surface area contributed by atoms with Crippen molar-refractivity contribution >= 4 is 25.9 Å². The van der Waals surface area contributed by atoms with Gasteiger partial charge in [-0.25, -0.2) is 21.5 Å². The molecule has 8 nitrogen and oxygen atoms in total. The van der Waals surface area contributed by atoms with Crippen LogP contribution in [0, 0.1) is 18.3 Å². The van der Waals surface area contributed by atoms with Gasteiger partial charge in [-0.2, -0.15) is 14.7 Å². The van der Waals surface area contributed by atoms with E-state index < -0.39 is 24.8 Å². The molecule has 1 aromatic heterocycles. The second kappa shape index (κ2) is 11.2. The molecule has 10 heteroatoms. The summed E-state index contributed by atoms with van der Waals surface area (Å²) in [6, 6.07) is 23.9. The molecule has 3 aromatic carbocycles. The first-order valence-corrected chi connectivity index (χ1v) is 15.8. The number of aromatic nitrogens is 2. The first kappa shape index (κ1) is 27.5. The summed E-state index contributed by atoms with van der Waals surface area (Å²) >= 11 is 0. The number of rotatable bonds is 7. The number of nitriles is 1. The minimum absolute atomic E-state index is 0.0116. The zero-order valence-electron chi connectivity index (χ0n) is 21.9. The third-order valence-corrected chi connectivity index (χ3v) is 10.4. The molecule has 1 aliphatic heterocycles. The standard InChI is InChI=1S/C30H28N4O4S2/c1-23-13-15-27(16-14-23)39(35,36)29(21-31)20-25-22-34(26-10-4-2-5-11-26)32-30(25)24-9-8-12-28(19-24)40(37,38)33-17-6-3-7-18-33/h2,4-5,8-16,19-20,22H,3,6-7,17-18H2,1H3. The van der Waals surface area contributed by atoms with Crippen molar-refractivity contribution in [3.8, 4) is 23.0 Å². The van der Waals surface area contributed by atoms with Gasteiger partial charge in [0.05, 0.1) is 15.5 Å². The highest BCUT2D eigenvalue weighted by molar-refractivity contribution is 7.95. The molecule has 2 heterocycles. The van der Waals surface area contributed by atoms with Gasteiger partial charge in [-0.15, -0.1) is 0 Å². The largest absolute Gasteiger partial charge is 0.243 e. The van der Waals surface area contributed by atoms with Crippen molar-refractivity contribution in [2.24, 2.45) is 0 Å². The van der Waals surface area contributed by atoms with Gasteiger partial charge >= 0.3 is 0 Å². The maximum absolute atomic E-state index is 13.4. The molecule has 0 N–H and O–H groups in total. The number of benzene rings is 3. The number of nitrogens with zero attached hydrogens (tertiary/aromatic N) is 4. The van der Waals surface area contributed by atoms with Crippen LogP contribution >= 0.6 is 0 Å². The predicted octanol–water partition coefficient (Wildman–Crippen LogP) is 5.36. The van der Waals surface area contributed by atoms with Crippen LogP contribution in [0.4, 0.5) is 0 Å². The second-order valence-corrected chi connectivity index (χ2v) is 13.5. The lowest BCUT2D eigenvalue weighted by molar-refractivity contribution is 0.346. The van der Waals surface area contributed by atoms with Crippen molar-refractivity contribution in [1.82, 2.24) is 14.1 Å². The van der Waals surface area contributed by atoms with Crippen molar-refractivity contribution < 1.29 is 16.8 Å². The van der Waals surface area contributed by atoms with E-state index in [1.807, 2.05) is 43.3 Å². The fourth-order valence-corrected chi connectivity index (χ4v) is 7.36. The molecular formula is C30H28N4O4S2. The summed E-state index contributed by atoms with van der Waals surface area (Å²) in [5.74, 6) is 0. The number of sulfonamides is 1. The highest BCUT2D eigenvalue weighted by Crippen LogP contribution is 2.31. The van der Waals surface area contributed by atoms with Crippen LogP contribution in [-0.4, -0.2) is 44.0 Å². The molecule has 204 valence electrons. The summed E-state index contributed by atoms with van der Waals surface area (Å²) in [5, 5.41) is 14.6. The molecule has 1 saturated heterocycles. The van der Waals surface area contributed by atoms with E-state index in [4.69, 9.17) is 5.10 Å². The van der Waals surface area contributed by atoms with Crippen molar-refractivity contribution in [3.05, 3.63) is 101 Å². The summed E-state index contributed by atoms with van der Waals surface area (Å²) in [6.07, 6.45) is 5.58. The molecule has 0 saturated carbocycles. The Morgan fingerprint density at radius 3 is 2.25 bits per heavy atom. The van der Waals surface area contributed by atoms with Crippen LogP contribution in [0.25, 0.3) is 23.0 Å². The molecule has 0 spiro atoms. The Hall–Kier alpha value is -4.04. The lowest BCUT2D eigenvalue weighted by atomic mass is 10.1. The summed E-state index contributed by atoms with van der Waals surface area (Å²) < 4.78 is 56.6. The Bertz CT molecular complexity index is 1810. The molecule has 40 heavy (non-hydrogen) atoms. The van der Waals surface area contributed by atoms with Crippen LogP contribution < -0.4 is 0 Å². The average molecular weight is 573 g/mol. The van der Waals surface area contributed by atoms with Crippen LogP contribution in [0.15, 0.2) is 99.8 Å². The second-order valence-electron chi connectivity index (χ2n) is 9.64. The van der Waals surface area contributed by atoms with Gasteiger partial charge in [0, 0.05) is 30.4 Å². The van der Waals surface area contributed by atoms with Crippen LogP contribution in [0.5, 0.6) is 0 Å². The maximum Gasteiger partial charge on any atom is 0.243 e. The van der Waals surface area contributed by atoms with Crippen LogP contribution in [0.1, 0.15) is 30.4 Å². The Labute approximate surface area is 234 Å². The Morgan fingerprint density at radius 2 is 1.57 bits per heavy atom. The van der Waals surface area contributed by atoms with E-state index in [9.17, 15) is 22.1 Å². The number of aryl methyl sites for hydroxylation is 1. The van der Waals surface area contributed by atoms with Crippen LogP contribution in [0.2, 0.25) is 0 Å². The smallest absolute Gasteiger partial charge is 0.240 e. The number of hydrogen-bond acceptors (Lipinski definition) is 6. The van der Waals surface area contributed by atoms with Gasteiger partial charge in [0.15, 0.2) is 0 Å². The lowest BCUT2D eigenvalue weighted by Crippen LogP contribution is -2.35. The molecule has 0 bridgehead atoms.